The standard InChI is InChI=1S/C34H40N2O3Si/c1-34(2,3)40(27-13-7-5-8-14-27,28-15-9-6-10-16-28)39-25-26-19-22-36(24-21-32(37)38-4)23-20-30-29-17-11-12-18-31(29)35-33(26)30/h5-19,35H,20-25H2,1-4H3/b26-19-. The van der Waals surface area contributed by atoms with Gasteiger partial charge in [0.25, 0.3) is 8.32 Å². The number of benzene rings is 3. The van der Waals surface area contributed by atoms with E-state index in [9.17, 15) is 4.79 Å². The van der Waals surface area contributed by atoms with Crippen LogP contribution in [0.1, 0.15) is 38.4 Å². The third-order valence-electron chi connectivity index (χ3n) is 8.13. The Bertz CT molecular complexity index is 1430. The van der Waals surface area contributed by atoms with E-state index in [0.717, 1.165) is 25.0 Å². The predicted octanol–water partition coefficient (Wildman–Crippen LogP) is 5.55. The van der Waals surface area contributed by atoms with Crippen LogP contribution >= 0.6 is 0 Å². The number of para-hydroxylation sites is 1. The van der Waals surface area contributed by atoms with Gasteiger partial charge in [0.15, 0.2) is 0 Å². The van der Waals surface area contributed by atoms with Crippen LogP contribution in [0.2, 0.25) is 5.04 Å². The highest BCUT2D eigenvalue weighted by atomic mass is 28.4. The molecule has 5 nitrogen and oxygen atoms in total. The van der Waals surface area contributed by atoms with Gasteiger partial charge in [0, 0.05) is 36.2 Å². The van der Waals surface area contributed by atoms with E-state index < -0.39 is 8.32 Å². The Balaban J connectivity index is 1.57. The average Bonchev–Trinajstić information content (AvgIpc) is 3.32. The summed E-state index contributed by atoms with van der Waals surface area (Å²) in [6.07, 6.45) is 3.58. The summed E-state index contributed by atoms with van der Waals surface area (Å²) in [5.41, 5.74) is 4.80. The third-order valence-corrected chi connectivity index (χ3v) is 13.1. The average molecular weight is 553 g/mol. The van der Waals surface area contributed by atoms with Crippen molar-refractivity contribution in [3.63, 3.8) is 0 Å². The van der Waals surface area contributed by atoms with E-state index in [1.807, 2.05) is 0 Å². The van der Waals surface area contributed by atoms with Gasteiger partial charge in [-0.15, -0.1) is 0 Å². The number of esters is 1. The van der Waals surface area contributed by atoms with Gasteiger partial charge in [-0.3, -0.25) is 9.69 Å². The first-order chi connectivity index (χ1) is 19.3. The first kappa shape index (κ1) is 28.1. The van der Waals surface area contributed by atoms with E-state index in [0.29, 0.717) is 19.6 Å². The molecule has 0 atom stereocenters. The van der Waals surface area contributed by atoms with E-state index in [4.69, 9.17) is 9.16 Å². The van der Waals surface area contributed by atoms with Gasteiger partial charge in [0.1, 0.15) is 0 Å². The lowest BCUT2D eigenvalue weighted by molar-refractivity contribution is -0.140. The molecule has 1 aromatic heterocycles. The fourth-order valence-corrected chi connectivity index (χ4v) is 10.6. The molecule has 3 aromatic carbocycles. The number of hydrogen-bond donors (Lipinski definition) is 1. The van der Waals surface area contributed by atoms with Crippen LogP contribution in [-0.2, 0) is 20.4 Å². The minimum absolute atomic E-state index is 0.103. The van der Waals surface area contributed by atoms with Crippen molar-refractivity contribution in [1.82, 2.24) is 9.88 Å². The maximum atomic E-state index is 11.9. The van der Waals surface area contributed by atoms with E-state index in [1.165, 1.54) is 39.7 Å². The van der Waals surface area contributed by atoms with Gasteiger partial charge in [-0.25, -0.2) is 0 Å². The van der Waals surface area contributed by atoms with Crippen LogP contribution in [-0.4, -0.2) is 57.5 Å². The molecule has 0 spiro atoms. The summed E-state index contributed by atoms with van der Waals surface area (Å²) in [7, 11) is -1.25. The summed E-state index contributed by atoms with van der Waals surface area (Å²) in [6.45, 7) is 9.75. The number of aromatic nitrogens is 1. The Labute approximate surface area is 239 Å². The highest BCUT2D eigenvalue weighted by Gasteiger charge is 2.50. The monoisotopic (exact) mass is 552 g/mol. The van der Waals surface area contributed by atoms with E-state index in [-0.39, 0.29) is 11.0 Å². The highest BCUT2D eigenvalue weighted by molar-refractivity contribution is 6.99. The number of H-pyrrole nitrogens is 1. The fourth-order valence-electron chi connectivity index (χ4n) is 6.07. The molecule has 1 aliphatic heterocycles. The van der Waals surface area contributed by atoms with Crippen LogP contribution < -0.4 is 10.4 Å². The maximum Gasteiger partial charge on any atom is 0.306 e. The number of hydrogen-bond acceptors (Lipinski definition) is 4. The molecule has 0 unspecified atom stereocenters. The molecule has 0 aliphatic carbocycles. The first-order valence-corrected chi connectivity index (χ1v) is 16.1. The molecular formula is C34H40N2O3Si. The molecule has 0 amide bonds. The summed E-state index contributed by atoms with van der Waals surface area (Å²) in [6, 6.07) is 30.1. The van der Waals surface area contributed by atoms with Crippen LogP contribution in [0, 0.1) is 0 Å². The predicted molar refractivity (Wildman–Crippen MR) is 167 cm³/mol. The molecule has 1 N–H and O–H groups in total. The molecule has 1 aliphatic rings. The molecule has 4 aromatic rings. The van der Waals surface area contributed by atoms with Crippen molar-refractivity contribution >= 4 is 41.1 Å². The zero-order valence-corrected chi connectivity index (χ0v) is 25.1. The van der Waals surface area contributed by atoms with Crippen molar-refractivity contribution in [1.29, 1.82) is 0 Å². The van der Waals surface area contributed by atoms with Crippen LogP contribution in [0.5, 0.6) is 0 Å². The largest absolute Gasteiger partial charge is 0.469 e. The SMILES string of the molecule is COC(=O)CCN1C/C=C(/CO[Si](c2ccccc2)(c2ccccc2)C(C)(C)C)c2[nH]c3ccccc3c2CC1. The summed E-state index contributed by atoms with van der Waals surface area (Å²) in [5, 5.41) is 3.70. The normalized spacial score (nSPS) is 16.1. The molecule has 0 saturated carbocycles. The first-order valence-electron chi connectivity index (χ1n) is 14.2. The van der Waals surface area contributed by atoms with Crippen LogP contribution in [0.25, 0.3) is 16.5 Å². The molecule has 208 valence electrons. The Morgan fingerprint density at radius 1 is 0.925 bits per heavy atom. The van der Waals surface area contributed by atoms with Gasteiger partial charge in [-0.05, 0) is 39.0 Å². The molecule has 0 fully saturated rings. The number of carbonyl (C=O) groups excluding carboxylic acids is 1. The Morgan fingerprint density at radius 2 is 1.55 bits per heavy atom. The van der Waals surface area contributed by atoms with Crippen molar-refractivity contribution in [3.8, 4) is 0 Å². The van der Waals surface area contributed by atoms with E-state index in [2.05, 4.69) is 122 Å². The molecule has 2 heterocycles. The second-order valence-electron chi connectivity index (χ2n) is 11.6. The van der Waals surface area contributed by atoms with Crippen molar-refractivity contribution in [2.45, 2.75) is 38.7 Å². The van der Waals surface area contributed by atoms with Gasteiger partial charge < -0.3 is 14.1 Å². The number of nitrogens with one attached hydrogen (secondary N) is 1. The number of carbonyl (C=O) groups is 1. The molecule has 0 radical (unpaired) electrons. The Morgan fingerprint density at radius 3 is 2.17 bits per heavy atom. The van der Waals surface area contributed by atoms with Gasteiger partial charge in [-0.2, -0.15) is 0 Å². The summed E-state index contributed by atoms with van der Waals surface area (Å²) < 4.78 is 12.3. The van der Waals surface area contributed by atoms with Gasteiger partial charge in [0.2, 0.25) is 0 Å². The third kappa shape index (κ3) is 5.57. The summed E-state index contributed by atoms with van der Waals surface area (Å²) in [5.74, 6) is -0.172. The van der Waals surface area contributed by atoms with Gasteiger partial charge in [-0.1, -0.05) is 106 Å². The number of aromatic amines is 1. The molecule has 0 saturated heterocycles. The molecule has 0 bridgehead atoms. The molecular weight excluding hydrogens is 512 g/mol. The van der Waals surface area contributed by atoms with Crippen LogP contribution in [0.3, 0.4) is 0 Å². The van der Waals surface area contributed by atoms with E-state index >= 15 is 0 Å². The lowest BCUT2D eigenvalue weighted by atomic mass is 10.0. The lowest BCUT2D eigenvalue weighted by Crippen LogP contribution is -2.66. The van der Waals surface area contributed by atoms with E-state index in [1.54, 1.807) is 0 Å². The quantitative estimate of drug-likeness (QED) is 0.230. The number of methoxy groups -OCH3 is 1. The topological polar surface area (TPSA) is 54.6 Å². The fraction of sp³-hybridized carbons (Fsp3) is 0.324. The number of nitrogens with zero attached hydrogens (tertiary/aromatic N) is 1. The number of rotatable bonds is 8. The van der Waals surface area contributed by atoms with Crippen molar-refractivity contribution in [2.75, 3.05) is 33.4 Å². The number of ether oxygens (including phenoxy) is 1. The Kier molecular flexibility index (Phi) is 8.40. The molecule has 40 heavy (non-hydrogen) atoms. The van der Waals surface area contributed by atoms with Crippen molar-refractivity contribution in [3.05, 3.63) is 102 Å². The Hall–Kier alpha value is -3.45. The minimum Gasteiger partial charge on any atom is -0.469 e. The minimum atomic E-state index is -2.70. The van der Waals surface area contributed by atoms with Gasteiger partial charge in [0.05, 0.1) is 20.1 Å². The lowest BCUT2D eigenvalue weighted by Gasteiger charge is -2.43. The smallest absolute Gasteiger partial charge is 0.306 e. The zero-order chi connectivity index (χ0) is 28.2. The zero-order valence-electron chi connectivity index (χ0n) is 24.1. The van der Waals surface area contributed by atoms with Gasteiger partial charge >= 0.3 is 5.97 Å². The summed E-state index contributed by atoms with van der Waals surface area (Å²) in [4.78, 5) is 18.0. The number of fused-ring (bicyclic) bond motifs is 3. The maximum absolute atomic E-state index is 11.9. The van der Waals surface area contributed by atoms with Crippen molar-refractivity contribution < 1.29 is 14.0 Å². The van der Waals surface area contributed by atoms with Crippen molar-refractivity contribution in [2.24, 2.45) is 0 Å². The summed E-state index contributed by atoms with van der Waals surface area (Å²) >= 11 is 0. The second-order valence-corrected chi connectivity index (χ2v) is 15.9. The van der Waals surface area contributed by atoms with Crippen LogP contribution in [0.4, 0.5) is 0 Å². The second kappa shape index (κ2) is 12.0. The highest BCUT2D eigenvalue weighted by Crippen LogP contribution is 2.38. The molecule has 6 heteroatoms. The molecule has 5 rings (SSSR count). The van der Waals surface area contributed by atoms with Crippen LogP contribution in [0.15, 0.2) is 91.0 Å².